The minimum atomic E-state index is -3.71. The number of thiophene rings is 1. The monoisotopic (exact) mass is 325 g/mol. The summed E-state index contributed by atoms with van der Waals surface area (Å²) in [6.45, 7) is 0.495. The molecular weight excluding hydrogens is 314 g/mol. The highest BCUT2D eigenvalue weighted by Gasteiger charge is 2.36. The maximum absolute atomic E-state index is 12.4. The second-order valence-electron chi connectivity index (χ2n) is 4.00. The number of carboxylic acids is 1. The van der Waals surface area contributed by atoms with Gasteiger partial charge in [0.2, 0.25) is 0 Å². The summed E-state index contributed by atoms with van der Waals surface area (Å²) in [5.74, 6) is -1.06. The molecular formula is C10H12ClNO5S2. The Labute approximate surface area is 119 Å². The fourth-order valence-corrected chi connectivity index (χ4v) is 5.08. The first-order valence-electron chi connectivity index (χ1n) is 5.48. The van der Waals surface area contributed by atoms with Gasteiger partial charge in [0.15, 0.2) is 0 Å². The van der Waals surface area contributed by atoms with Crippen molar-refractivity contribution < 1.29 is 23.1 Å². The summed E-state index contributed by atoms with van der Waals surface area (Å²) >= 11 is 6.70. The van der Waals surface area contributed by atoms with Gasteiger partial charge in [0, 0.05) is 6.54 Å². The quantitative estimate of drug-likeness (QED) is 0.901. The van der Waals surface area contributed by atoms with Crippen LogP contribution in [-0.4, -0.2) is 49.6 Å². The summed E-state index contributed by atoms with van der Waals surface area (Å²) < 4.78 is 31.7. The van der Waals surface area contributed by atoms with Gasteiger partial charge < -0.3 is 9.84 Å². The van der Waals surface area contributed by atoms with Crippen LogP contribution in [0.4, 0.5) is 0 Å². The lowest BCUT2D eigenvalue weighted by Crippen LogP contribution is -2.49. The molecule has 106 valence electrons. The highest BCUT2D eigenvalue weighted by Crippen LogP contribution is 2.30. The minimum absolute atomic E-state index is 0.0879. The Balaban J connectivity index is 2.28. The van der Waals surface area contributed by atoms with Crippen LogP contribution >= 0.6 is 22.9 Å². The van der Waals surface area contributed by atoms with E-state index in [4.69, 9.17) is 21.4 Å². The fourth-order valence-electron chi connectivity index (χ4n) is 1.87. The van der Waals surface area contributed by atoms with Crippen molar-refractivity contribution in [3.63, 3.8) is 0 Å². The molecule has 0 aliphatic carbocycles. The Morgan fingerprint density at radius 3 is 2.89 bits per heavy atom. The number of ether oxygens (including phenoxy) is 1. The van der Waals surface area contributed by atoms with Crippen LogP contribution in [0.1, 0.15) is 6.42 Å². The molecule has 0 spiro atoms. The smallest absolute Gasteiger partial charge is 0.305 e. The van der Waals surface area contributed by atoms with E-state index in [9.17, 15) is 13.2 Å². The summed E-state index contributed by atoms with van der Waals surface area (Å²) in [7, 11) is -3.71. The minimum Gasteiger partial charge on any atom is -0.481 e. The van der Waals surface area contributed by atoms with E-state index >= 15 is 0 Å². The molecule has 2 rings (SSSR count). The lowest BCUT2D eigenvalue weighted by molar-refractivity contribution is -0.139. The first-order valence-corrected chi connectivity index (χ1v) is 8.11. The normalized spacial score (nSPS) is 21.4. The molecule has 0 aromatic carbocycles. The fraction of sp³-hybridized carbons (Fsp3) is 0.500. The van der Waals surface area contributed by atoms with E-state index in [0.29, 0.717) is 4.34 Å². The standard InChI is InChI=1S/C10H12ClNO5S2/c11-8-1-2-10(18-8)19(15,16)12-3-4-17-6-7(12)5-9(13)14/h1-2,7H,3-6H2,(H,13,14). The highest BCUT2D eigenvalue weighted by molar-refractivity contribution is 7.91. The van der Waals surface area contributed by atoms with Crippen LogP contribution in [0.25, 0.3) is 0 Å². The van der Waals surface area contributed by atoms with E-state index in [1.807, 2.05) is 0 Å². The third-order valence-electron chi connectivity index (χ3n) is 2.70. The molecule has 0 saturated carbocycles. The van der Waals surface area contributed by atoms with Gasteiger partial charge in [-0.05, 0) is 12.1 Å². The van der Waals surface area contributed by atoms with Gasteiger partial charge >= 0.3 is 5.97 Å². The maximum atomic E-state index is 12.4. The van der Waals surface area contributed by atoms with Crippen LogP contribution in [0.15, 0.2) is 16.3 Å². The van der Waals surface area contributed by atoms with Gasteiger partial charge in [0.25, 0.3) is 10.0 Å². The van der Waals surface area contributed by atoms with Gasteiger partial charge in [0.05, 0.1) is 30.0 Å². The van der Waals surface area contributed by atoms with Gasteiger partial charge in [0.1, 0.15) is 4.21 Å². The molecule has 0 amide bonds. The van der Waals surface area contributed by atoms with Crippen LogP contribution in [0, 0.1) is 0 Å². The molecule has 0 radical (unpaired) electrons. The number of halogens is 1. The Morgan fingerprint density at radius 1 is 1.58 bits per heavy atom. The molecule has 1 unspecified atom stereocenters. The van der Waals surface area contributed by atoms with Gasteiger partial charge in [-0.15, -0.1) is 11.3 Å². The topological polar surface area (TPSA) is 83.9 Å². The first-order chi connectivity index (χ1) is 8.91. The van der Waals surface area contributed by atoms with E-state index in [-0.39, 0.29) is 30.4 Å². The van der Waals surface area contributed by atoms with Crippen LogP contribution in [0.5, 0.6) is 0 Å². The molecule has 9 heteroatoms. The van der Waals surface area contributed by atoms with E-state index in [0.717, 1.165) is 11.3 Å². The van der Waals surface area contributed by atoms with Gasteiger partial charge in [-0.3, -0.25) is 4.79 Å². The predicted molar refractivity (Wildman–Crippen MR) is 70.1 cm³/mol. The van der Waals surface area contributed by atoms with Crippen molar-refractivity contribution in [1.82, 2.24) is 4.31 Å². The molecule has 1 fully saturated rings. The molecule has 2 heterocycles. The molecule has 1 aromatic heterocycles. The molecule has 1 aliphatic rings. The Bertz CT molecular complexity index is 570. The van der Waals surface area contributed by atoms with E-state index < -0.39 is 22.0 Å². The maximum Gasteiger partial charge on any atom is 0.305 e. The number of nitrogens with zero attached hydrogens (tertiary/aromatic N) is 1. The number of sulfonamides is 1. The number of hydrogen-bond donors (Lipinski definition) is 1. The van der Waals surface area contributed by atoms with Gasteiger partial charge in [-0.1, -0.05) is 11.6 Å². The van der Waals surface area contributed by atoms with Crippen molar-refractivity contribution >= 4 is 38.9 Å². The van der Waals surface area contributed by atoms with E-state index in [2.05, 4.69) is 0 Å². The molecule has 1 aromatic rings. The number of carboxylic acid groups (broad SMARTS) is 1. The van der Waals surface area contributed by atoms with Crippen molar-refractivity contribution in [2.75, 3.05) is 19.8 Å². The van der Waals surface area contributed by atoms with E-state index in [1.165, 1.54) is 16.4 Å². The number of aliphatic carboxylic acids is 1. The van der Waals surface area contributed by atoms with Gasteiger partial charge in [-0.25, -0.2) is 8.42 Å². The SMILES string of the molecule is O=C(O)CC1COCCN1S(=O)(=O)c1ccc(Cl)s1. The largest absolute Gasteiger partial charge is 0.481 e. The molecule has 0 bridgehead atoms. The van der Waals surface area contributed by atoms with Crippen molar-refractivity contribution in [3.8, 4) is 0 Å². The van der Waals surface area contributed by atoms with Crippen molar-refractivity contribution in [2.45, 2.75) is 16.7 Å². The molecule has 1 saturated heterocycles. The third-order valence-corrected chi connectivity index (χ3v) is 6.35. The summed E-state index contributed by atoms with van der Waals surface area (Å²) in [6.07, 6.45) is -0.279. The van der Waals surface area contributed by atoms with Crippen LogP contribution < -0.4 is 0 Å². The van der Waals surface area contributed by atoms with Crippen molar-refractivity contribution in [2.24, 2.45) is 0 Å². The van der Waals surface area contributed by atoms with E-state index in [1.54, 1.807) is 0 Å². The summed E-state index contributed by atoms with van der Waals surface area (Å²) in [6, 6.07) is 2.25. The molecule has 6 nitrogen and oxygen atoms in total. The lowest BCUT2D eigenvalue weighted by Gasteiger charge is -2.33. The van der Waals surface area contributed by atoms with Crippen LogP contribution in [0.2, 0.25) is 4.34 Å². The second-order valence-corrected chi connectivity index (χ2v) is 7.83. The Hall–Kier alpha value is -0.670. The molecule has 1 aliphatic heterocycles. The number of morpholine rings is 1. The predicted octanol–water partition coefficient (Wildman–Crippen LogP) is 1.27. The first kappa shape index (κ1) is 14.7. The average molecular weight is 326 g/mol. The summed E-state index contributed by atoms with van der Waals surface area (Å²) in [4.78, 5) is 10.8. The zero-order valence-electron chi connectivity index (χ0n) is 9.78. The highest BCUT2D eigenvalue weighted by atomic mass is 35.5. The third kappa shape index (κ3) is 3.26. The lowest BCUT2D eigenvalue weighted by atomic mass is 10.2. The zero-order chi connectivity index (χ0) is 14.0. The number of hydrogen-bond acceptors (Lipinski definition) is 5. The molecule has 1 atom stereocenters. The zero-order valence-corrected chi connectivity index (χ0v) is 12.2. The Kier molecular flexibility index (Phi) is 4.46. The average Bonchev–Trinajstić information content (AvgIpc) is 2.76. The number of rotatable bonds is 4. The van der Waals surface area contributed by atoms with Gasteiger partial charge in [-0.2, -0.15) is 4.31 Å². The second kappa shape index (κ2) is 5.76. The molecule has 1 N–H and O–H groups in total. The van der Waals surface area contributed by atoms with Crippen LogP contribution in [-0.2, 0) is 19.6 Å². The van der Waals surface area contributed by atoms with Crippen molar-refractivity contribution in [1.29, 1.82) is 0 Å². The summed E-state index contributed by atoms with van der Waals surface area (Å²) in [5, 5.41) is 8.83. The number of carbonyl (C=O) groups is 1. The van der Waals surface area contributed by atoms with Crippen molar-refractivity contribution in [3.05, 3.63) is 16.5 Å². The summed E-state index contributed by atoms with van der Waals surface area (Å²) in [5.41, 5.74) is 0. The molecule has 19 heavy (non-hydrogen) atoms. The van der Waals surface area contributed by atoms with Crippen LogP contribution in [0.3, 0.4) is 0 Å². The Morgan fingerprint density at radius 2 is 2.32 bits per heavy atom.